The van der Waals surface area contributed by atoms with Gasteiger partial charge in [0.2, 0.25) is 0 Å². The Bertz CT molecular complexity index is 50.1. The van der Waals surface area contributed by atoms with Crippen molar-refractivity contribution in [2.75, 3.05) is 0 Å². The van der Waals surface area contributed by atoms with Gasteiger partial charge in [0.1, 0.15) is 0 Å². The maximum absolute atomic E-state index is 2.45. The Hall–Kier alpha value is 1.60. The molecule has 3 heteroatoms. The van der Waals surface area contributed by atoms with Crippen LogP contribution in [-0.4, -0.2) is 40.7 Å². The third-order valence-electron chi connectivity index (χ3n) is 0.577. The molecule has 0 aromatic heterocycles. The number of rotatable bonds is 2. The van der Waals surface area contributed by atoms with Gasteiger partial charge in [0.05, 0.1) is 0 Å². The molecule has 7 heavy (non-hydrogen) atoms. The summed E-state index contributed by atoms with van der Waals surface area (Å²) in [6.45, 7) is 7.34. The Kier molecular flexibility index (Phi) is 4.42. The van der Waals surface area contributed by atoms with Crippen LogP contribution < -0.4 is 0 Å². The van der Waals surface area contributed by atoms with Crippen molar-refractivity contribution >= 4 is 40.7 Å². The Balaban J connectivity index is 3.15. The summed E-state index contributed by atoms with van der Waals surface area (Å²) in [5, 5.41) is 0. The Morgan fingerprint density at radius 2 is 1.86 bits per heavy atom. The van der Waals surface area contributed by atoms with Crippen LogP contribution in [0.3, 0.4) is 0 Å². The van der Waals surface area contributed by atoms with Crippen molar-refractivity contribution in [2.24, 2.45) is 0 Å². The van der Waals surface area contributed by atoms with E-state index in [0.29, 0.717) is 18.3 Å². The van der Waals surface area contributed by atoms with Crippen LogP contribution in [0.4, 0.5) is 0 Å². The van der Waals surface area contributed by atoms with E-state index in [9.17, 15) is 0 Å². The first-order valence-corrected chi connectivity index (χ1v) is 10.2. The second kappa shape index (κ2) is 3.60. The van der Waals surface area contributed by atoms with Gasteiger partial charge in [-0.15, -0.1) is 0 Å². The van der Waals surface area contributed by atoms with Crippen molar-refractivity contribution in [2.45, 2.75) is 23.7 Å². The monoisotopic (exact) mass is 224 g/mol. The van der Waals surface area contributed by atoms with Crippen LogP contribution in [0, 0.1) is 0 Å². The molecule has 0 unspecified atom stereocenters. The summed E-state index contributed by atoms with van der Waals surface area (Å²) in [7, 11) is -0.599. The van der Waals surface area contributed by atoms with Crippen molar-refractivity contribution < 1.29 is 0 Å². The molecular weight excluding hydrogens is 211 g/mol. The molecule has 0 aliphatic rings. The van der Waals surface area contributed by atoms with E-state index in [1.807, 2.05) is 0 Å². The summed E-state index contributed by atoms with van der Waals surface area (Å²) >= 11 is 2.83. The van der Waals surface area contributed by atoms with E-state index in [2.05, 4.69) is 34.0 Å². The fraction of sp³-hybridized carbons (Fsp3) is 1.00. The second-order valence-electron chi connectivity index (χ2n) is 2.99. The molecule has 0 nitrogen and oxygen atoms in total. The van der Waals surface area contributed by atoms with Gasteiger partial charge in [0, 0.05) is 0 Å². The zero-order valence-electron chi connectivity index (χ0n) is 5.62. The normalized spacial score (nSPS) is 12.1. The molecule has 0 rings (SSSR count). The number of hydrogen-bond donors (Lipinski definition) is 0. The molecule has 0 radical (unpaired) electrons. The van der Waals surface area contributed by atoms with Gasteiger partial charge in [-0.05, 0) is 0 Å². The van der Waals surface area contributed by atoms with Crippen molar-refractivity contribution in [1.82, 2.24) is 0 Å². The summed E-state index contributed by atoms with van der Waals surface area (Å²) < 4.78 is 1.61. The molecule has 38 valence electrons. The van der Waals surface area contributed by atoms with Crippen molar-refractivity contribution in [1.29, 1.82) is 0 Å². The zero-order chi connectivity index (χ0) is 5.91. The third kappa shape index (κ3) is 7.60. The van der Waals surface area contributed by atoms with E-state index in [-0.39, 0.29) is 0 Å². The summed E-state index contributed by atoms with van der Waals surface area (Å²) in [6, 6.07) is 0. The van der Waals surface area contributed by atoms with Crippen LogP contribution in [0.1, 0.15) is 0 Å². The predicted octanol–water partition coefficient (Wildman–Crippen LogP) is 1.07. The first-order valence-electron chi connectivity index (χ1n) is 2.55. The van der Waals surface area contributed by atoms with Gasteiger partial charge in [-0.2, -0.15) is 0 Å². The topological polar surface area (TPSA) is 0 Å². The molecule has 0 fully saturated rings. The molecule has 0 saturated carbocycles. The molecule has 0 spiro atoms. The number of hydrogen-bond acceptors (Lipinski definition) is 0. The van der Waals surface area contributed by atoms with Gasteiger partial charge in [0.25, 0.3) is 0 Å². The second-order valence-corrected chi connectivity index (χ2v) is 12.5. The van der Waals surface area contributed by atoms with Crippen molar-refractivity contribution in [3.05, 3.63) is 0 Å². The molecule has 0 bridgehead atoms. The molecule has 0 amide bonds. The molecule has 0 aliphatic heterocycles. The first kappa shape index (κ1) is 8.60. The van der Waals surface area contributed by atoms with Gasteiger partial charge >= 0.3 is 64.4 Å². The van der Waals surface area contributed by atoms with Crippen LogP contribution in [0.5, 0.6) is 0 Å². The fourth-order valence-electron chi connectivity index (χ4n) is 0.433. The molecule has 0 heterocycles. The average molecular weight is 222 g/mol. The van der Waals surface area contributed by atoms with Crippen molar-refractivity contribution in [3.8, 4) is 0 Å². The Labute approximate surface area is 64.0 Å². The van der Waals surface area contributed by atoms with E-state index in [1.165, 1.54) is 0 Å². The van der Waals surface area contributed by atoms with Crippen LogP contribution in [0.15, 0.2) is 0 Å². The fourth-order valence-corrected chi connectivity index (χ4v) is 8.71. The van der Waals surface area contributed by atoms with Gasteiger partial charge in [-0.1, -0.05) is 0 Å². The molecule has 0 aliphatic carbocycles. The summed E-state index contributed by atoms with van der Waals surface area (Å²) in [4.78, 5) is 0. The Morgan fingerprint density at radius 1 is 1.43 bits per heavy atom. The minimum absolute atomic E-state index is 0.435. The quantitative estimate of drug-likeness (QED) is 0.612. The third-order valence-corrected chi connectivity index (χ3v) is 11.6. The first-order chi connectivity index (χ1) is 3.06. The van der Waals surface area contributed by atoms with E-state index in [1.54, 1.807) is 4.09 Å². The van der Waals surface area contributed by atoms with E-state index < -0.39 is 8.07 Å². The molecule has 0 N–H and O–H groups in total. The average Bonchev–Trinajstić information content (AvgIpc) is 1.30. The molecule has 0 atom stereocenters. The van der Waals surface area contributed by atoms with Crippen LogP contribution in [-0.2, 0) is 0 Å². The van der Waals surface area contributed by atoms with Gasteiger partial charge in [-0.3, -0.25) is 0 Å². The van der Waals surface area contributed by atoms with E-state index in [0.717, 1.165) is 0 Å². The van der Waals surface area contributed by atoms with Crippen LogP contribution in [0.2, 0.25) is 23.7 Å². The maximum atomic E-state index is 2.45. The van der Waals surface area contributed by atoms with Crippen molar-refractivity contribution in [3.63, 3.8) is 0 Å². The zero-order valence-corrected chi connectivity index (χ0v) is 8.95. The molecule has 0 saturated heterocycles. The SMILES string of the molecule is [Li][Te]C[Si](C)(C)C. The van der Waals surface area contributed by atoms with Crippen LogP contribution in [0.25, 0.3) is 0 Å². The summed E-state index contributed by atoms with van der Waals surface area (Å²) in [5.41, 5.74) is 0. The van der Waals surface area contributed by atoms with E-state index >= 15 is 0 Å². The molecule has 0 aromatic rings. The summed E-state index contributed by atoms with van der Waals surface area (Å²) in [5.74, 6) is 0. The molecule has 0 aromatic carbocycles. The van der Waals surface area contributed by atoms with Gasteiger partial charge in [-0.25, -0.2) is 0 Å². The summed E-state index contributed by atoms with van der Waals surface area (Å²) in [6.07, 6.45) is 0. The van der Waals surface area contributed by atoms with Crippen LogP contribution >= 0.6 is 0 Å². The Morgan fingerprint density at radius 3 is 1.86 bits per heavy atom. The van der Waals surface area contributed by atoms with E-state index in [4.69, 9.17) is 0 Å². The predicted molar refractivity (Wildman–Crippen MR) is 39.7 cm³/mol. The van der Waals surface area contributed by atoms with Gasteiger partial charge in [0.15, 0.2) is 0 Å². The van der Waals surface area contributed by atoms with Gasteiger partial charge < -0.3 is 0 Å². The minimum atomic E-state index is -0.599. The standard InChI is InChI=1S/C4H12SiTe.Li/c1-5(2,3)4-6;/h6H,4H2,1-3H3;/q;+1/p-1. The molecular formula is C4H11LiSiTe.